The van der Waals surface area contributed by atoms with E-state index in [9.17, 15) is 5.26 Å². The average Bonchev–Trinajstić information content (AvgIpc) is 3.07. The van der Waals surface area contributed by atoms with Crippen LogP contribution in [0.2, 0.25) is 0 Å². The Morgan fingerprint density at radius 3 is 2.58 bits per heavy atom. The first-order chi connectivity index (χ1) is 9.07. The first kappa shape index (κ1) is 12.4. The molecular formula is C16H16N2S. The second-order valence-corrected chi connectivity index (χ2v) is 6.27. The molecule has 1 fully saturated rings. The van der Waals surface area contributed by atoms with Gasteiger partial charge in [0.25, 0.3) is 0 Å². The maximum absolute atomic E-state index is 9.24. The zero-order valence-electron chi connectivity index (χ0n) is 11.4. The highest BCUT2D eigenvalue weighted by Crippen LogP contribution is 2.49. The highest BCUT2D eigenvalue weighted by atomic mass is 32.1. The molecule has 1 aromatic heterocycles. The molecule has 3 rings (SSSR count). The second-order valence-electron chi connectivity index (χ2n) is 5.41. The van der Waals surface area contributed by atoms with E-state index in [4.69, 9.17) is 4.98 Å². The molecule has 0 N–H and O–H groups in total. The van der Waals surface area contributed by atoms with Crippen LogP contribution in [0.5, 0.6) is 0 Å². The van der Waals surface area contributed by atoms with Crippen LogP contribution in [-0.4, -0.2) is 4.98 Å². The predicted octanol–water partition coefficient (Wildman–Crippen LogP) is 4.29. The Kier molecular flexibility index (Phi) is 2.72. The molecule has 1 aliphatic carbocycles. The molecule has 1 saturated carbocycles. The van der Waals surface area contributed by atoms with E-state index in [1.165, 1.54) is 22.3 Å². The summed E-state index contributed by atoms with van der Waals surface area (Å²) in [7, 11) is 0. The summed E-state index contributed by atoms with van der Waals surface area (Å²) in [5, 5.41) is 12.3. The molecule has 0 saturated heterocycles. The number of nitrogens with zero attached hydrogens (tertiary/aromatic N) is 2. The van der Waals surface area contributed by atoms with Crippen LogP contribution in [-0.2, 0) is 5.41 Å². The van der Waals surface area contributed by atoms with Gasteiger partial charge in [-0.25, -0.2) is 4.98 Å². The predicted molar refractivity (Wildman–Crippen MR) is 78.3 cm³/mol. The number of thiazole rings is 1. The molecule has 0 atom stereocenters. The minimum absolute atomic E-state index is 0.267. The summed E-state index contributed by atoms with van der Waals surface area (Å²) in [6.45, 7) is 6.43. The smallest absolute Gasteiger partial charge is 0.114 e. The number of aryl methyl sites for hydroxylation is 1. The van der Waals surface area contributed by atoms with Gasteiger partial charge in [-0.15, -0.1) is 11.3 Å². The molecule has 0 unspecified atom stereocenters. The highest BCUT2D eigenvalue weighted by Gasteiger charge is 2.47. The maximum atomic E-state index is 9.24. The van der Waals surface area contributed by atoms with Gasteiger partial charge in [0.15, 0.2) is 0 Å². The highest BCUT2D eigenvalue weighted by molar-refractivity contribution is 7.10. The van der Waals surface area contributed by atoms with Gasteiger partial charge in [0, 0.05) is 10.9 Å². The van der Waals surface area contributed by atoms with Crippen molar-refractivity contribution < 1.29 is 0 Å². The van der Waals surface area contributed by atoms with Gasteiger partial charge < -0.3 is 0 Å². The minimum atomic E-state index is -0.267. The van der Waals surface area contributed by atoms with E-state index in [0.29, 0.717) is 0 Å². The zero-order chi connectivity index (χ0) is 13.6. The zero-order valence-corrected chi connectivity index (χ0v) is 12.3. The molecule has 0 amide bonds. The van der Waals surface area contributed by atoms with E-state index in [-0.39, 0.29) is 5.41 Å². The summed E-state index contributed by atoms with van der Waals surface area (Å²) in [4.78, 5) is 4.71. The molecule has 19 heavy (non-hydrogen) atoms. The van der Waals surface area contributed by atoms with Gasteiger partial charge in [-0.3, -0.25) is 0 Å². The van der Waals surface area contributed by atoms with Crippen molar-refractivity contribution in [2.45, 2.75) is 39.0 Å². The number of aromatic nitrogens is 1. The fourth-order valence-corrected chi connectivity index (χ4v) is 3.38. The third kappa shape index (κ3) is 1.87. The largest absolute Gasteiger partial charge is 0.239 e. The van der Waals surface area contributed by atoms with Crippen LogP contribution < -0.4 is 0 Å². The molecule has 1 aromatic carbocycles. The van der Waals surface area contributed by atoms with E-state index >= 15 is 0 Å². The topological polar surface area (TPSA) is 36.7 Å². The van der Waals surface area contributed by atoms with Crippen LogP contribution in [0, 0.1) is 32.1 Å². The molecule has 0 aliphatic heterocycles. The van der Waals surface area contributed by atoms with Crippen molar-refractivity contribution in [3.63, 3.8) is 0 Å². The SMILES string of the molecule is Cc1ccc(-c2csc(C3(C#N)CC3)n2)c(C)c1C. The monoisotopic (exact) mass is 268 g/mol. The lowest BCUT2D eigenvalue weighted by molar-refractivity contribution is 0.891. The number of nitriles is 1. The Labute approximate surface area is 117 Å². The molecule has 0 spiro atoms. The van der Waals surface area contributed by atoms with E-state index in [1.54, 1.807) is 11.3 Å². The van der Waals surface area contributed by atoms with Crippen molar-refractivity contribution in [2.24, 2.45) is 0 Å². The number of hydrogen-bond donors (Lipinski definition) is 0. The molecule has 1 aliphatic rings. The molecule has 0 bridgehead atoms. The van der Waals surface area contributed by atoms with Crippen molar-refractivity contribution in [1.29, 1.82) is 5.26 Å². The third-order valence-electron chi connectivity index (χ3n) is 4.21. The van der Waals surface area contributed by atoms with Crippen LogP contribution >= 0.6 is 11.3 Å². The molecule has 2 aromatic rings. The summed E-state index contributed by atoms with van der Waals surface area (Å²) in [5.41, 5.74) is 5.87. The van der Waals surface area contributed by atoms with E-state index in [0.717, 1.165) is 23.5 Å². The molecule has 2 nitrogen and oxygen atoms in total. The Bertz CT molecular complexity index is 687. The lowest BCUT2D eigenvalue weighted by Crippen LogP contribution is -2.01. The molecule has 96 valence electrons. The quantitative estimate of drug-likeness (QED) is 0.814. The third-order valence-corrected chi connectivity index (χ3v) is 5.26. The Hall–Kier alpha value is -1.66. The van der Waals surface area contributed by atoms with Gasteiger partial charge in [0.1, 0.15) is 10.4 Å². The molecular weight excluding hydrogens is 252 g/mol. The lowest BCUT2D eigenvalue weighted by atomic mass is 9.97. The minimum Gasteiger partial charge on any atom is -0.239 e. The molecule has 0 radical (unpaired) electrons. The van der Waals surface area contributed by atoms with Gasteiger partial charge in [0.2, 0.25) is 0 Å². The number of hydrogen-bond acceptors (Lipinski definition) is 3. The van der Waals surface area contributed by atoms with Crippen molar-refractivity contribution in [1.82, 2.24) is 4.98 Å². The first-order valence-electron chi connectivity index (χ1n) is 6.52. The second kappa shape index (κ2) is 4.18. The van der Waals surface area contributed by atoms with E-state index in [2.05, 4.69) is 44.4 Å². The Morgan fingerprint density at radius 2 is 1.95 bits per heavy atom. The fraction of sp³-hybridized carbons (Fsp3) is 0.375. The molecule has 1 heterocycles. The summed E-state index contributed by atoms with van der Waals surface area (Å²) >= 11 is 1.62. The Balaban J connectivity index is 2.05. The van der Waals surface area contributed by atoms with Gasteiger partial charge in [0.05, 0.1) is 11.8 Å². The fourth-order valence-electron chi connectivity index (χ4n) is 2.35. The normalized spacial score (nSPS) is 16.1. The lowest BCUT2D eigenvalue weighted by Gasteiger charge is -2.09. The molecule has 3 heteroatoms. The van der Waals surface area contributed by atoms with Crippen molar-refractivity contribution in [2.75, 3.05) is 0 Å². The maximum Gasteiger partial charge on any atom is 0.114 e. The summed E-state index contributed by atoms with van der Waals surface area (Å²) < 4.78 is 0. The van der Waals surface area contributed by atoms with Gasteiger partial charge in [-0.2, -0.15) is 5.26 Å². The summed E-state index contributed by atoms with van der Waals surface area (Å²) in [5.74, 6) is 0. The Morgan fingerprint density at radius 1 is 1.21 bits per heavy atom. The first-order valence-corrected chi connectivity index (χ1v) is 7.40. The van der Waals surface area contributed by atoms with Crippen LogP contribution in [0.4, 0.5) is 0 Å². The van der Waals surface area contributed by atoms with Crippen LogP contribution in [0.1, 0.15) is 34.5 Å². The number of benzene rings is 1. The van der Waals surface area contributed by atoms with Crippen molar-refractivity contribution in [3.8, 4) is 17.3 Å². The summed E-state index contributed by atoms with van der Waals surface area (Å²) in [6.07, 6.45) is 1.92. The van der Waals surface area contributed by atoms with Crippen LogP contribution in [0.25, 0.3) is 11.3 Å². The van der Waals surface area contributed by atoms with Gasteiger partial charge in [-0.1, -0.05) is 12.1 Å². The van der Waals surface area contributed by atoms with E-state index in [1.807, 2.05) is 0 Å². The van der Waals surface area contributed by atoms with Crippen LogP contribution in [0.3, 0.4) is 0 Å². The summed E-state index contributed by atoms with van der Waals surface area (Å²) in [6, 6.07) is 6.70. The van der Waals surface area contributed by atoms with E-state index < -0.39 is 0 Å². The number of rotatable bonds is 2. The van der Waals surface area contributed by atoms with Crippen molar-refractivity contribution in [3.05, 3.63) is 39.2 Å². The average molecular weight is 268 g/mol. The van der Waals surface area contributed by atoms with Crippen molar-refractivity contribution >= 4 is 11.3 Å². The standard InChI is InChI=1S/C16H16N2S/c1-10-4-5-13(12(3)11(10)2)14-8-19-15(18-14)16(9-17)6-7-16/h4-5,8H,6-7H2,1-3H3. The van der Waals surface area contributed by atoms with Gasteiger partial charge in [-0.05, 0) is 50.3 Å². The van der Waals surface area contributed by atoms with Crippen LogP contribution in [0.15, 0.2) is 17.5 Å². The van der Waals surface area contributed by atoms with Gasteiger partial charge >= 0.3 is 0 Å².